The van der Waals surface area contributed by atoms with Crippen LogP contribution in [0.15, 0.2) is 24.3 Å². The minimum absolute atomic E-state index is 0.0503. The van der Waals surface area contributed by atoms with Gasteiger partial charge in [0.1, 0.15) is 34.8 Å². The van der Waals surface area contributed by atoms with Crippen molar-refractivity contribution in [2.45, 2.75) is 19.8 Å². The van der Waals surface area contributed by atoms with Crippen LogP contribution in [0, 0.1) is 11.6 Å². The van der Waals surface area contributed by atoms with Gasteiger partial charge in [-0.05, 0) is 12.1 Å². The summed E-state index contributed by atoms with van der Waals surface area (Å²) in [6, 6.07) is 5.09. The van der Waals surface area contributed by atoms with E-state index in [2.05, 4.69) is 20.7 Å². The zero-order valence-corrected chi connectivity index (χ0v) is 11.1. The fourth-order valence-corrected chi connectivity index (χ4v) is 1.61. The normalized spacial score (nSPS) is 10.7. The third kappa shape index (κ3) is 3.00. The van der Waals surface area contributed by atoms with E-state index in [-0.39, 0.29) is 17.4 Å². The first-order valence-electron chi connectivity index (χ1n) is 6.08. The van der Waals surface area contributed by atoms with Gasteiger partial charge in [-0.25, -0.2) is 24.6 Å². The van der Waals surface area contributed by atoms with Crippen LogP contribution < -0.4 is 16.6 Å². The van der Waals surface area contributed by atoms with Gasteiger partial charge in [-0.1, -0.05) is 19.9 Å². The molecule has 0 aliphatic rings. The third-order valence-corrected chi connectivity index (χ3v) is 2.62. The van der Waals surface area contributed by atoms with Crippen molar-refractivity contribution in [2.24, 2.45) is 5.84 Å². The molecule has 0 unspecified atom stereocenters. The molecule has 0 spiro atoms. The molecule has 1 heterocycles. The fourth-order valence-electron chi connectivity index (χ4n) is 1.61. The maximum Gasteiger partial charge on any atom is 0.149 e. The van der Waals surface area contributed by atoms with Crippen LogP contribution in [0.5, 0.6) is 0 Å². The number of nitrogens with zero attached hydrogens (tertiary/aromatic N) is 2. The van der Waals surface area contributed by atoms with E-state index in [1.165, 1.54) is 12.1 Å². The highest BCUT2D eigenvalue weighted by Crippen LogP contribution is 2.24. The fraction of sp³-hybridized carbons (Fsp3) is 0.231. The maximum atomic E-state index is 13.6. The van der Waals surface area contributed by atoms with Crippen molar-refractivity contribution in [3.05, 3.63) is 41.7 Å². The molecule has 5 nitrogen and oxygen atoms in total. The van der Waals surface area contributed by atoms with Crippen LogP contribution in [0.1, 0.15) is 25.6 Å². The Labute approximate surface area is 115 Å². The summed E-state index contributed by atoms with van der Waals surface area (Å²) in [6.07, 6.45) is 0. The molecule has 0 atom stereocenters. The standard InChI is InChI=1S/C13H15F2N5/c1-7(2)13-18-10(6-11(19-13)20-16)17-12-8(14)4-3-5-9(12)15/h3-7H,16H2,1-2H3,(H2,17,18,19,20). The van der Waals surface area contributed by atoms with Gasteiger partial charge in [-0.15, -0.1) is 0 Å². The Morgan fingerprint density at radius 2 is 1.70 bits per heavy atom. The minimum Gasteiger partial charge on any atom is -0.335 e. The first-order valence-corrected chi connectivity index (χ1v) is 6.08. The second-order valence-corrected chi connectivity index (χ2v) is 4.52. The molecule has 0 bridgehead atoms. The van der Waals surface area contributed by atoms with E-state index < -0.39 is 11.6 Å². The Bertz CT molecular complexity index is 595. The molecule has 106 valence electrons. The summed E-state index contributed by atoms with van der Waals surface area (Å²) in [7, 11) is 0. The van der Waals surface area contributed by atoms with Gasteiger partial charge in [0.15, 0.2) is 0 Å². The zero-order valence-electron chi connectivity index (χ0n) is 11.1. The average Bonchev–Trinajstić information content (AvgIpc) is 2.42. The van der Waals surface area contributed by atoms with Crippen LogP contribution in [0.4, 0.5) is 26.1 Å². The van der Waals surface area contributed by atoms with Crippen LogP contribution in [0.25, 0.3) is 0 Å². The second kappa shape index (κ2) is 5.79. The molecule has 2 rings (SSSR count). The largest absolute Gasteiger partial charge is 0.335 e. The highest BCUT2D eigenvalue weighted by Gasteiger charge is 2.12. The summed E-state index contributed by atoms with van der Waals surface area (Å²) in [5.41, 5.74) is 2.14. The summed E-state index contributed by atoms with van der Waals surface area (Å²) in [5.74, 6) is 5.12. The Hall–Kier alpha value is -2.28. The molecule has 20 heavy (non-hydrogen) atoms. The Balaban J connectivity index is 2.40. The first kappa shape index (κ1) is 14.1. The van der Waals surface area contributed by atoms with Crippen molar-refractivity contribution in [2.75, 3.05) is 10.7 Å². The molecule has 0 saturated carbocycles. The Morgan fingerprint density at radius 1 is 1.10 bits per heavy atom. The molecule has 2 aromatic rings. The number of hydrogen-bond donors (Lipinski definition) is 3. The van der Waals surface area contributed by atoms with Gasteiger partial charge in [0.05, 0.1) is 0 Å². The topological polar surface area (TPSA) is 75.9 Å². The number of hydrazine groups is 1. The van der Waals surface area contributed by atoms with Crippen molar-refractivity contribution in [1.29, 1.82) is 0 Å². The minimum atomic E-state index is -0.697. The Kier molecular flexibility index (Phi) is 4.09. The van der Waals surface area contributed by atoms with Crippen molar-refractivity contribution in [3.8, 4) is 0 Å². The summed E-state index contributed by atoms with van der Waals surface area (Å²) >= 11 is 0. The van der Waals surface area contributed by atoms with Crippen LogP contribution in [-0.4, -0.2) is 9.97 Å². The van der Waals surface area contributed by atoms with Crippen LogP contribution in [-0.2, 0) is 0 Å². The van der Waals surface area contributed by atoms with Gasteiger partial charge >= 0.3 is 0 Å². The molecule has 0 aliphatic carbocycles. The molecule has 0 aliphatic heterocycles. The van der Waals surface area contributed by atoms with E-state index in [9.17, 15) is 8.78 Å². The number of benzene rings is 1. The van der Waals surface area contributed by atoms with Gasteiger partial charge in [0.25, 0.3) is 0 Å². The number of anilines is 3. The lowest BCUT2D eigenvalue weighted by Crippen LogP contribution is -2.12. The number of nitrogens with one attached hydrogen (secondary N) is 2. The van der Waals surface area contributed by atoms with Crippen molar-refractivity contribution < 1.29 is 8.78 Å². The summed E-state index contributed by atoms with van der Waals surface area (Å²) in [4.78, 5) is 8.37. The number of para-hydroxylation sites is 1. The number of halogens is 2. The third-order valence-electron chi connectivity index (χ3n) is 2.62. The van der Waals surface area contributed by atoms with E-state index in [1.54, 1.807) is 0 Å². The average molecular weight is 279 g/mol. The van der Waals surface area contributed by atoms with Gasteiger partial charge in [-0.3, -0.25) is 0 Å². The number of rotatable bonds is 4. The summed E-state index contributed by atoms with van der Waals surface area (Å²) in [6.45, 7) is 3.81. The van der Waals surface area contributed by atoms with Gasteiger partial charge in [-0.2, -0.15) is 0 Å². The van der Waals surface area contributed by atoms with E-state index in [0.717, 1.165) is 12.1 Å². The molecule has 0 amide bonds. The van der Waals surface area contributed by atoms with Crippen LogP contribution in [0.3, 0.4) is 0 Å². The van der Waals surface area contributed by atoms with E-state index in [1.807, 2.05) is 13.8 Å². The van der Waals surface area contributed by atoms with Crippen LogP contribution in [0.2, 0.25) is 0 Å². The molecule has 0 saturated heterocycles. The van der Waals surface area contributed by atoms with E-state index in [4.69, 9.17) is 5.84 Å². The maximum absolute atomic E-state index is 13.6. The van der Waals surface area contributed by atoms with Crippen LogP contribution >= 0.6 is 0 Å². The monoisotopic (exact) mass is 279 g/mol. The smallest absolute Gasteiger partial charge is 0.149 e. The molecule has 0 fully saturated rings. The molecule has 0 radical (unpaired) electrons. The first-order chi connectivity index (χ1) is 9.51. The summed E-state index contributed by atoms with van der Waals surface area (Å²) < 4.78 is 27.2. The van der Waals surface area contributed by atoms with Crippen molar-refractivity contribution in [3.63, 3.8) is 0 Å². The lowest BCUT2D eigenvalue weighted by Gasteiger charge is -2.12. The van der Waals surface area contributed by atoms with E-state index in [0.29, 0.717) is 11.6 Å². The SMILES string of the molecule is CC(C)c1nc(NN)cc(Nc2c(F)cccc2F)n1. The molecular weight excluding hydrogens is 264 g/mol. The lowest BCUT2D eigenvalue weighted by atomic mass is 10.2. The molecule has 1 aromatic heterocycles. The van der Waals surface area contributed by atoms with Crippen molar-refractivity contribution in [1.82, 2.24) is 9.97 Å². The quantitative estimate of drug-likeness (QED) is 0.592. The zero-order chi connectivity index (χ0) is 14.7. The number of hydrogen-bond acceptors (Lipinski definition) is 5. The highest BCUT2D eigenvalue weighted by molar-refractivity contribution is 5.60. The van der Waals surface area contributed by atoms with Gasteiger partial charge in [0, 0.05) is 12.0 Å². The molecule has 4 N–H and O–H groups in total. The van der Waals surface area contributed by atoms with Gasteiger partial charge < -0.3 is 10.7 Å². The predicted octanol–water partition coefficient (Wildman–Crippen LogP) is 2.91. The number of nitrogens with two attached hydrogens (primary N) is 1. The summed E-state index contributed by atoms with van der Waals surface area (Å²) in [5, 5.41) is 2.61. The molecule has 1 aromatic carbocycles. The highest BCUT2D eigenvalue weighted by atomic mass is 19.1. The Morgan fingerprint density at radius 3 is 2.25 bits per heavy atom. The molecular formula is C13H15F2N5. The molecule has 7 heteroatoms. The number of aromatic nitrogens is 2. The van der Waals surface area contributed by atoms with E-state index >= 15 is 0 Å². The van der Waals surface area contributed by atoms with Crippen molar-refractivity contribution >= 4 is 17.3 Å². The predicted molar refractivity (Wildman–Crippen MR) is 73.6 cm³/mol. The lowest BCUT2D eigenvalue weighted by molar-refractivity contribution is 0.590. The second-order valence-electron chi connectivity index (χ2n) is 4.52. The van der Waals surface area contributed by atoms with Gasteiger partial charge in [0.2, 0.25) is 0 Å². The number of nitrogen functional groups attached to an aromatic ring is 1.